The van der Waals surface area contributed by atoms with Crippen molar-refractivity contribution in [2.24, 2.45) is 0 Å². The largest absolute Gasteiger partial charge is 0.313 e. The molecule has 0 aromatic carbocycles. The van der Waals surface area contributed by atoms with E-state index in [2.05, 4.69) is 36.3 Å². The number of nitrogens with zero attached hydrogens (tertiary/aromatic N) is 1. The van der Waals surface area contributed by atoms with E-state index in [1.165, 1.54) is 17.7 Å². The Kier molecular flexibility index (Phi) is 6.44. The summed E-state index contributed by atoms with van der Waals surface area (Å²) in [5.41, 5.74) is 0. The number of rotatable bonds is 7. The van der Waals surface area contributed by atoms with E-state index in [1.807, 2.05) is 24.2 Å². The smallest absolute Gasteiger partial charge is 0.0278 e. The Hall–Kier alpha value is -0.540. The van der Waals surface area contributed by atoms with Crippen LogP contribution in [0, 0.1) is 0 Å². The van der Waals surface area contributed by atoms with Crippen LogP contribution in [0.4, 0.5) is 0 Å². The molecular weight excluding hydrogens is 204 g/mol. The Bertz CT molecular complexity index is 245. The summed E-state index contributed by atoms with van der Waals surface area (Å²) < 4.78 is 0. The fraction of sp³-hybridized carbons (Fsp3) is 0.583. The van der Waals surface area contributed by atoms with Crippen LogP contribution in [-0.4, -0.2) is 23.3 Å². The van der Waals surface area contributed by atoms with Crippen LogP contribution in [0.5, 0.6) is 0 Å². The minimum atomic E-state index is 0.637. The second kappa shape index (κ2) is 7.71. The number of nitrogens with one attached hydrogen (secondary N) is 1. The zero-order valence-electron chi connectivity index (χ0n) is 9.57. The van der Waals surface area contributed by atoms with Crippen molar-refractivity contribution < 1.29 is 0 Å². The molecule has 1 rings (SSSR count). The molecule has 0 spiro atoms. The zero-order chi connectivity index (χ0) is 10.9. The van der Waals surface area contributed by atoms with Crippen LogP contribution >= 0.6 is 11.8 Å². The summed E-state index contributed by atoms with van der Waals surface area (Å²) in [6.45, 7) is 5.46. The average Bonchev–Trinajstić information content (AvgIpc) is 2.28. The van der Waals surface area contributed by atoms with Crippen LogP contribution in [0.1, 0.15) is 26.7 Å². The van der Waals surface area contributed by atoms with Gasteiger partial charge in [-0.2, -0.15) is 0 Å². The van der Waals surface area contributed by atoms with Gasteiger partial charge in [0.15, 0.2) is 0 Å². The van der Waals surface area contributed by atoms with Gasteiger partial charge in [0.1, 0.15) is 0 Å². The number of hydrogen-bond acceptors (Lipinski definition) is 3. The maximum Gasteiger partial charge on any atom is 0.0278 e. The summed E-state index contributed by atoms with van der Waals surface area (Å²) in [6, 6.07) is 4.78. The number of pyridine rings is 1. The first-order valence-electron chi connectivity index (χ1n) is 5.63. The SMILES string of the molecule is CCCC(CSc1ccncc1)NCC. The predicted octanol–water partition coefficient (Wildman–Crippen LogP) is 2.95. The van der Waals surface area contributed by atoms with Gasteiger partial charge in [-0.1, -0.05) is 20.3 Å². The third-order valence-corrected chi connectivity index (χ3v) is 3.41. The number of hydrogen-bond donors (Lipinski definition) is 1. The van der Waals surface area contributed by atoms with Crippen molar-refractivity contribution in [2.75, 3.05) is 12.3 Å². The maximum absolute atomic E-state index is 4.02. The lowest BCUT2D eigenvalue weighted by Crippen LogP contribution is -2.30. The summed E-state index contributed by atoms with van der Waals surface area (Å²) in [6.07, 6.45) is 6.20. The molecule has 15 heavy (non-hydrogen) atoms. The Morgan fingerprint density at radius 1 is 1.33 bits per heavy atom. The van der Waals surface area contributed by atoms with Gasteiger partial charge in [-0.25, -0.2) is 0 Å². The maximum atomic E-state index is 4.02. The van der Waals surface area contributed by atoms with E-state index in [-0.39, 0.29) is 0 Å². The molecule has 1 aromatic rings. The van der Waals surface area contributed by atoms with Crippen molar-refractivity contribution >= 4 is 11.8 Å². The van der Waals surface area contributed by atoms with E-state index in [1.54, 1.807) is 0 Å². The van der Waals surface area contributed by atoms with Crippen LogP contribution < -0.4 is 5.32 Å². The monoisotopic (exact) mass is 224 g/mol. The molecule has 0 saturated heterocycles. The van der Waals surface area contributed by atoms with Gasteiger partial charge in [0.25, 0.3) is 0 Å². The molecule has 0 radical (unpaired) electrons. The van der Waals surface area contributed by atoms with Gasteiger partial charge >= 0.3 is 0 Å². The summed E-state index contributed by atoms with van der Waals surface area (Å²) >= 11 is 1.91. The second-order valence-corrected chi connectivity index (χ2v) is 4.63. The Balaban J connectivity index is 2.33. The first-order chi connectivity index (χ1) is 7.36. The molecule has 1 N–H and O–H groups in total. The Labute approximate surface area is 96.9 Å². The summed E-state index contributed by atoms with van der Waals surface area (Å²) in [7, 11) is 0. The highest BCUT2D eigenvalue weighted by atomic mass is 32.2. The quantitative estimate of drug-likeness (QED) is 0.721. The van der Waals surface area contributed by atoms with Gasteiger partial charge < -0.3 is 5.32 Å². The Morgan fingerprint density at radius 2 is 2.07 bits per heavy atom. The average molecular weight is 224 g/mol. The van der Waals surface area contributed by atoms with E-state index in [9.17, 15) is 0 Å². The highest BCUT2D eigenvalue weighted by molar-refractivity contribution is 7.99. The number of thioether (sulfide) groups is 1. The van der Waals surface area contributed by atoms with Gasteiger partial charge in [0.05, 0.1) is 0 Å². The second-order valence-electron chi connectivity index (χ2n) is 3.54. The third kappa shape index (κ3) is 5.19. The molecule has 0 aliphatic carbocycles. The minimum Gasteiger partial charge on any atom is -0.313 e. The summed E-state index contributed by atoms with van der Waals surface area (Å²) in [5, 5.41) is 3.52. The molecule has 2 nitrogen and oxygen atoms in total. The lowest BCUT2D eigenvalue weighted by molar-refractivity contribution is 0.531. The molecule has 1 aromatic heterocycles. The van der Waals surface area contributed by atoms with Gasteiger partial charge in [0.2, 0.25) is 0 Å². The molecule has 3 heteroatoms. The van der Waals surface area contributed by atoms with E-state index >= 15 is 0 Å². The van der Waals surface area contributed by atoms with Crippen molar-refractivity contribution in [3.05, 3.63) is 24.5 Å². The van der Waals surface area contributed by atoms with Gasteiger partial charge in [-0.3, -0.25) is 4.98 Å². The van der Waals surface area contributed by atoms with Crippen LogP contribution in [0.2, 0.25) is 0 Å². The molecule has 84 valence electrons. The fourth-order valence-corrected chi connectivity index (χ4v) is 2.51. The van der Waals surface area contributed by atoms with Gasteiger partial charge in [-0.05, 0) is 25.1 Å². The predicted molar refractivity (Wildman–Crippen MR) is 67.3 cm³/mol. The highest BCUT2D eigenvalue weighted by Gasteiger charge is 2.06. The summed E-state index contributed by atoms with van der Waals surface area (Å²) in [5.74, 6) is 1.14. The first kappa shape index (κ1) is 12.5. The molecule has 0 amide bonds. The van der Waals surface area contributed by atoms with Gasteiger partial charge in [0, 0.05) is 29.1 Å². The highest BCUT2D eigenvalue weighted by Crippen LogP contribution is 2.18. The topological polar surface area (TPSA) is 24.9 Å². The molecular formula is C12H20N2S. The number of aromatic nitrogens is 1. The lowest BCUT2D eigenvalue weighted by Gasteiger charge is -2.16. The van der Waals surface area contributed by atoms with Crippen LogP contribution in [0.15, 0.2) is 29.4 Å². The summed E-state index contributed by atoms with van der Waals surface area (Å²) in [4.78, 5) is 5.33. The molecule has 1 atom stereocenters. The lowest BCUT2D eigenvalue weighted by atomic mass is 10.2. The standard InChI is InChI=1S/C12H20N2S/c1-3-5-11(14-4-2)10-15-12-6-8-13-9-7-12/h6-9,11,14H,3-5,10H2,1-2H3. The van der Waals surface area contributed by atoms with E-state index < -0.39 is 0 Å². The molecule has 0 aliphatic heterocycles. The van der Waals surface area contributed by atoms with E-state index in [0.29, 0.717) is 6.04 Å². The normalized spacial score (nSPS) is 12.7. The van der Waals surface area contributed by atoms with Crippen molar-refractivity contribution in [3.63, 3.8) is 0 Å². The van der Waals surface area contributed by atoms with Crippen LogP contribution in [-0.2, 0) is 0 Å². The first-order valence-corrected chi connectivity index (χ1v) is 6.61. The third-order valence-electron chi connectivity index (χ3n) is 2.23. The van der Waals surface area contributed by atoms with E-state index in [4.69, 9.17) is 0 Å². The van der Waals surface area contributed by atoms with Crippen molar-refractivity contribution in [3.8, 4) is 0 Å². The van der Waals surface area contributed by atoms with Crippen molar-refractivity contribution in [1.82, 2.24) is 10.3 Å². The fourth-order valence-electron chi connectivity index (χ4n) is 1.51. The van der Waals surface area contributed by atoms with Gasteiger partial charge in [-0.15, -0.1) is 11.8 Å². The van der Waals surface area contributed by atoms with Crippen LogP contribution in [0.25, 0.3) is 0 Å². The van der Waals surface area contributed by atoms with Crippen LogP contribution in [0.3, 0.4) is 0 Å². The van der Waals surface area contributed by atoms with E-state index in [0.717, 1.165) is 12.3 Å². The minimum absolute atomic E-state index is 0.637. The molecule has 1 heterocycles. The van der Waals surface area contributed by atoms with Crippen molar-refractivity contribution in [2.45, 2.75) is 37.6 Å². The molecule has 0 aliphatic rings. The molecule has 0 fully saturated rings. The zero-order valence-corrected chi connectivity index (χ0v) is 10.4. The molecule has 0 bridgehead atoms. The van der Waals surface area contributed by atoms with Crippen molar-refractivity contribution in [1.29, 1.82) is 0 Å². The Morgan fingerprint density at radius 3 is 2.67 bits per heavy atom. The molecule has 1 unspecified atom stereocenters. The molecule has 0 saturated carbocycles.